The summed E-state index contributed by atoms with van der Waals surface area (Å²) in [6.45, 7) is -0.944. The van der Waals surface area contributed by atoms with Crippen LogP contribution in [-0.2, 0) is 6.42 Å². The van der Waals surface area contributed by atoms with Gasteiger partial charge in [0.2, 0.25) is 0 Å². The maximum Gasteiger partial charge on any atom is 0.387 e. The number of rotatable bonds is 8. The highest BCUT2D eigenvalue weighted by atomic mass is 19.3. The Labute approximate surface area is 168 Å². The van der Waals surface area contributed by atoms with Gasteiger partial charge in [-0.05, 0) is 53.3 Å². The number of unbranched alkanes of at least 4 members (excludes halogenated alkanes) is 2. The van der Waals surface area contributed by atoms with E-state index in [2.05, 4.69) is 11.7 Å². The van der Waals surface area contributed by atoms with Gasteiger partial charge < -0.3 is 4.74 Å². The van der Waals surface area contributed by atoms with Crippen LogP contribution in [0.15, 0.2) is 60.7 Å². The first-order valence-corrected chi connectivity index (χ1v) is 9.61. The average Bonchev–Trinajstić information content (AvgIpc) is 2.70. The summed E-state index contributed by atoms with van der Waals surface area (Å²) in [7, 11) is 0. The van der Waals surface area contributed by atoms with Crippen molar-refractivity contribution in [1.29, 1.82) is 0 Å². The van der Waals surface area contributed by atoms with Crippen molar-refractivity contribution < 1.29 is 22.3 Å². The zero-order chi connectivity index (χ0) is 20.8. The second kappa shape index (κ2) is 9.59. The van der Waals surface area contributed by atoms with Gasteiger partial charge in [-0.15, -0.1) is 0 Å². The molecule has 0 aliphatic rings. The smallest absolute Gasteiger partial charge is 0.387 e. The van der Waals surface area contributed by atoms with Crippen molar-refractivity contribution in [2.24, 2.45) is 0 Å². The molecular weight excluding hydrogens is 380 g/mol. The molecule has 152 valence electrons. The third kappa shape index (κ3) is 5.37. The highest BCUT2D eigenvalue weighted by Crippen LogP contribution is 2.31. The molecule has 0 aliphatic heterocycles. The lowest BCUT2D eigenvalue weighted by molar-refractivity contribution is -0.0521. The molecule has 5 heteroatoms. The van der Waals surface area contributed by atoms with Crippen molar-refractivity contribution in [3.05, 3.63) is 77.9 Å². The Morgan fingerprint density at radius 2 is 1.38 bits per heavy atom. The Morgan fingerprint density at radius 3 is 1.97 bits per heavy atom. The van der Waals surface area contributed by atoms with Crippen molar-refractivity contribution in [2.45, 2.75) is 39.2 Å². The van der Waals surface area contributed by atoms with E-state index in [9.17, 15) is 17.6 Å². The van der Waals surface area contributed by atoms with Gasteiger partial charge in [0.15, 0.2) is 11.6 Å². The van der Waals surface area contributed by atoms with Crippen LogP contribution in [0.4, 0.5) is 17.6 Å². The minimum atomic E-state index is -3.11. The monoisotopic (exact) mass is 402 g/mol. The molecule has 0 atom stereocenters. The minimum Gasteiger partial charge on any atom is -0.432 e. The first-order valence-electron chi connectivity index (χ1n) is 9.61. The number of alkyl halides is 2. The van der Waals surface area contributed by atoms with Gasteiger partial charge in [0, 0.05) is 5.56 Å². The Kier molecular flexibility index (Phi) is 6.91. The third-order valence-electron chi connectivity index (χ3n) is 4.78. The lowest BCUT2D eigenvalue weighted by Gasteiger charge is -2.10. The molecule has 0 N–H and O–H groups in total. The van der Waals surface area contributed by atoms with Crippen LogP contribution in [0.2, 0.25) is 0 Å². The van der Waals surface area contributed by atoms with Crippen molar-refractivity contribution >= 4 is 0 Å². The predicted molar refractivity (Wildman–Crippen MR) is 107 cm³/mol. The summed E-state index contributed by atoms with van der Waals surface area (Å²) in [5.74, 6) is -1.90. The Morgan fingerprint density at radius 1 is 0.759 bits per heavy atom. The van der Waals surface area contributed by atoms with Crippen molar-refractivity contribution in [3.8, 4) is 28.0 Å². The van der Waals surface area contributed by atoms with Crippen LogP contribution in [0.1, 0.15) is 31.7 Å². The van der Waals surface area contributed by atoms with Gasteiger partial charge in [-0.3, -0.25) is 0 Å². The fraction of sp³-hybridized carbons (Fsp3) is 0.250. The van der Waals surface area contributed by atoms with Gasteiger partial charge >= 0.3 is 6.61 Å². The maximum absolute atomic E-state index is 14.7. The number of aryl methyl sites for hydroxylation is 1. The van der Waals surface area contributed by atoms with Crippen molar-refractivity contribution in [3.63, 3.8) is 0 Å². The van der Waals surface area contributed by atoms with E-state index in [4.69, 9.17) is 0 Å². The second-order valence-corrected chi connectivity index (χ2v) is 6.87. The molecule has 3 aromatic carbocycles. The van der Waals surface area contributed by atoms with Crippen LogP contribution >= 0.6 is 0 Å². The van der Waals surface area contributed by atoms with E-state index in [-0.39, 0.29) is 0 Å². The number of hydrogen-bond donors (Lipinski definition) is 0. The highest BCUT2D eigenvalue weighted by molar-refractivity contribution is 5.71. The largest absolute Gasteiger partial charge is 0.432 e. The fourth-order valence-electron chi connectivity index (χ4n) is 3.23. The quantitative estimate of drug-likeness (QED) is 0.278. The Hall–Kier alpha value is -2.82. The third-order valence-corrected chi connectivity index (χ3v) is 4.78. The zero-order valence-electron chi connectivity index (χ0n) is 16.1. The lowest BCUT2D eigenvalue weighted by atomic mass is 9.98. The molecule has 1 nitrogen and oxygen atoms in total. The SMILES string of the molecule is CCCCCc1ccc(-c2ccc(-c3ccc(OC(F)F)c(F)c3)cc2F)cc1. The van der Waals surface area contributed by atoms with E-state index in [0.29, 0.717) is 16.7 Å². The van der Waals surface area contributed by atoms with Crippen LogP contribution < -0.4 is 4.74 Å². The fourth-order valence-corrected chi connectivity index (χ4v) is 3.23. The van der Waals surface area contributed by atoms with Gasteiger partial charge in [0.25, 0.3) is 0 Å². The molecule has 0 heterocycles. The number of ether oxygens (including phenoxy) is 1. The van der Waals surface area contributed by atoms with Gasteiger partial charge in [-0.2, -0.15) is 8.78 Å². The van der Waals surface area contributed by atoms with E-state index in [1.807, 2.05) is 24.3 Å². The summed E-state index contributed by atoms with van der Waals surface area (Å²) in [6.07, 6.45) is 4.50. The molecule has 0 aromatic heterocycles. The molecule has 0 aliphatic carbocycles. The molecule has 29 heavy (non-hydrogen) atoms. The lowest BCUT2D eigenvalue weighted by Crippen LogP contribution is -2.03. The second-order valence-electron chi connectivity index (χ2n) is 6.87. The molecule has 0 spiro atoms. The molecule has 0 saturated heterocycles. The molecule has 0 amide bonds. The summed E-state index contributed by atoms with van der Waals surface area (Å²) >= 11 is 0. The molecule has 3 rings (SSSR count). The number of halogens is 4. The van der Waals surface area contributed by atoms with Gasteiger partial charge in [0.1, 0.15) is 5.82 Å². The summed E-state index contributed by atoms with van der Waals surface area (Å²) in [6, 6.07) is 16.0. The molecule has 0 radical (unpaired) electrons. The molecule has 0 bridgehead atoms. The Bertz CT molecular complexity index is 952. The molecule has 0 unspecified atom stereocenters. The summed E-state index contributed by atoms with van der Waals surface area (Å²) in [4.78, 5) is 0. The van der Waals surface area contributed by atoms with E-state index < -0.39 is 24.0 Å². The van der Waals surface area contributed by atoms with Gasteiger partial charge in [-0.25, -0.2) is 8.78 Å². The number of benzene rings is 3. The van der Waals surface area contributed by atoms with Crippen LogP contribution in [0.5, 0.6) is 5.75 Å². The van der Waals surface area contributed by atoms with E-state index in [0.717, 1.165) is 30.5 Å². The van der Waals surface area contributed by atoms with Crippen molar-refractivity contribution in [2.75, 3.05) is 0 Å². The van der Waals surface area contributed by atoms with Crippen LogP contribution in [0, 0.1) is 11.6 Å². The Balaban J connectivity index is 1.79. The van der Waals surface area contributed by atoms with Crippen LogP contribution in [-0.4, -0.2) is 6.61 Å². The van der Waals surface area contributed by atoms with E-state index >= 15 is 0 Å². The highest BCUT2D eigenvalue weighted by Gasteiger charge is 2.13. The topological polar surface area (TPSA) is 9.23 Å². The first-order chi connectivity index (χ1) is 14.0. The summed E-state index contributed by atoms with van der Waals surface area (Å²) < 4.78 is 57.2. The zero-order valence-corrected chi connectivity index (χ0v) is 16.1. The molecule has 0 saturated carbocycles. The average molecular weight is 402 g/mol. The standard InChI is InChI=1S/C24H22F4O/c1-2-3-4-5-16-6-8-17(9-7-16)20-12-10-18(14-21(20)25)19-11-13-23(22(26)15-19)29-24(27)28/h6-15,24H,2-5H2,1H3. The number of hydrogen-bond acceptors (Lipinski definition) is 1. The van der Waals surface area contributed by atoms with Crippen LogP contribution in [0.25, 0.3) is 22.3 Å². The minimum absolute atomic E-state index is 0.376. The van der Waals surface area contributed by atoms with Gasteiger partial charge in [-0.1, -0.05) is 62.2 Å². The summed E-state index contributed by atoms with van der Waals surface area (Å²) in [5.41, 5.74) is 3.26. The van der Waals surface area contributed by atoms with E-state index in [1.54, 1.807) is 12.1 Å². The molecule has 0 fully saturated rings. The summed E-state index contributed by atoms with van der Waals surface area (Å²) in [5, 5.41) is 0. The van der Waals surface area contributed by atoms with Gasteiger partial charge in [0.05, 0.1) is 0 Å². The van der Waals surface area contributed by atoms with Crippen molar-refractivity contribution in [1.82, 2.24) is 0 Å². The normalized spacial score (nSPS) is 11.1. The first kappa shape index (κ1) is 20.9. The maximum atomic E-state index is 14.7. The predicted octanol–water partition coefficient (Wildman–Crippen LogP) is 7.63. The van der Waals surface area contributed by atoms with E-state index in [1.165, 1.54) is 30.5 Å². The van der Waals surface area contributed by atoms with Crippen LogP contribution in [0.3, 0.4) is 0 Å². The molecule has 3 aromatic rings. The molecular formula is C24H22F4O.